The van der Waals surface area contributed by atoms with Gasteiger partial charge in [-0.15, -0.1) is 12.3 Å². The normalized spacial score (nSPS) is 18.9. The van der Waals surface area contributed by atoms with Crippen molar-refractivity contribution in [3.8, 4) is 12.3 Å². The number of amides is 4. The van der Waals surface area contributed by atoms with Crippen molar-refractivity contribution in [2.24, 2.45) is 16.1 Å². The second-order valence-electron chi connectivity index (χ2n) is 8.07. The first-order valence-electron chi connectivity index (χ1n) is 10.4. The Morgan fingerprint density at radius 1 is 1.16 bits per heavy atom. The average molecular weight is 421 g/mol. The number of nitrogens with one attached hydrogen (secondary N) is 2. The number of fused-ring (bicyclic) bond motifs is 1. The van der Waals surface area contributed by atoms with Crippen molar-refractivity contribution in [3.05, 3.63) is 29.3 Å². The first-order valence-corrected chi connectivity index (χ1v) is 10.4. The van der Waals surface area contributed by atoms with Gasteiger partial charge in [0.25, 0.3) is 11.8 Å². The largest absolute Gasteiger partial charge is 0.343 e. The maximum Gasteiger partial charge on any atom is 0.259 e. The van der Waals surface area contributed by atoms with Crippen molar-refractivity contribution < 1.29 is 19.2 Å². The van der Waals surface area contributed by atoms with Gasteiger partial charge in [0, 0.05) is 50.4 Å². The molecule has 0 spiro atoms. The number of carbonyl (C=O) groups excluding carboxylic acids is 4. The van der Waals surface area contributed by atoms with Crippen LogP contribution in [0.2, 0.25) is 0 Å². The van der Waals surface area contributed by atoms with Crippen LogP contribution < -0.4 is 10.6 Å². The van der Waals surface area contributed by atoms with E-state index in [4.69, 9.17) is 6.42 Å². The molecule has 1 saturated heterocycles. The maximum atomic E-state index is 12.6. The van der Waals surface area contributed by atoms with E-state index in [1.807, 2.05) is 0 Å². The second kappa shape index (κ2) is 8.30. The number of benzene rings is 1. The van der Waals surface area contributed by atoms with Gasteiger partial charge in [-0.05, 0) is 31.0 Å². The molecule has 0 atom stereocenters. The Morgan fingerprint density at radius 2 is 1.87 bits per heavy atom. The lowest BCUT2D eigenvalue weighted by molar-refractivity contribution is -0.134. The number of carbonyl (C=O) groups is 4. The van der Waals surface area contributed by atoms with Gasteiger partial charge in [-0.2, -0.15) is 10.2 Å². The van der Waals surface area contributed by atoms with Crippen molar-refractivity contribution in [1.82, 2.24) is 10.2 Å². The van der Waals surface area contributed by atoms with Crippen LogP contribution in [0, 0.1) is 18.3 Å². The Labute approximate surface area is 179 Å². The number of terminal acetylenes is 1. The zero-order valence-corrected chi connectivity index (χ0v) is 17.0. The number of anilines is 1. The number of rotatable bonds is 7. The molecule has 3 aliphatic rings. The molecule has 0 bridgehead atoms. The van der Waals surface area contributed by atoms with E-state index in [1.165, 1.54) is 12.1 Å². The van der Waals surface area contributed by atoms with Gasteiger partial charge in [0.1, 0.15) is 0 Å². The van der Waals surface area contributed by atoms with Crippen LogP contribution in [-0.2, 0) is 9.59 Å². The Balaban J connectivity index is 1.24. The summed E-state index contributed by atoms with van der Waals surface area (Å²) in [6, 6.07) is 4.65. The minimum Gasteiger partial charge on any atom is -0.343 e. The first kappa shape index (κ1) is 20.7. The summed E-state index contributed by atoms with van der Waals surface area (Å²) in [6.45, 7) is 1.04. The summed E-state index contributed by atoms with van der Waals surface area (Å²) in [7, 11) is 0. The van der Waals surface area contributed by atoms with Gasteiger partial charge in [0.15, 0.2) is 5.66 Å². The Hall–Kier alpha value is -3.54. The van der Waals surface area contributed by atoms with Crippen LogP contribution in [0.4, 0.5) is 5.69 Å². The monoisotopic (exact) mass is 421 g/mol. The van der Waals surface area contributed by atoms with Crippen LogP contribution in [0.5, 0.6) is 0 Å². The Morgan fingerprint density at radius 3 is 2.55 bits per heavy atom. The summed E-state index contributed by atoms with van der Waals surface area (Å²) in [5.41, 5.74) is 0.582. The van der Waals surface area contributed by atoms with E-state index in [0.29, 0.717) is 62.9 Å². The van der Waals surface area contributed by atoms with E-state index in [9.17, 15) is 19.2 Å². The van der Waals surface area contributed by atoms with Crippen molar-refractivity contribution in [3.63, 3.8) is 0 Å². The van der Waals surface area contributed by atoms with Gasteiger partial charge in [-0.1, -0.05) is 0 Å². The molecule has 9 nitrogen and oxygen atoms in total. The molecule has 2 N–H and O–H groups in total. The molecule has 4 rings (SSSR count). The highest BCUT2D eigenvalue weighted by molar-refractivity contribution is 6.22. The van der Waals surface area contributed by atoms with Crippen LogP contribution in [0.25, 0.3) is 0 Å². The zero-order chi connectivity index (χ0) is 22.0. The average Bonchev–Trinajstić information content (AvgIpc) is 3.50. The molecule has 1 aromatic carbocycles. The van der Waals surface area contributed by atoms with Gasteiger partial charge in [-0.3, -0.25) is 24.5 Å². The highest BCUT2D eigenvalue weighted by Crippen LogP contribution is 2.37. The van der Waals surface area contributed by atoms with E-state index in [0.717, 1.165) is 0 Å². The highest BCUT2D eigenvalue weighted by Gasteiger charge is 2.40. The van der Waals surface area contributed by atoms with Gasteiger partial charge in [0.2, 0.25) is 11.8 Å². The number of likely N-dealkylation sites (tertiary alicyclic amines) is 1. The molecule has 0 radical (unpaired) electrons. The van der Waals surface area contributed by atoms with E-state index in [1.54, 1.807) is 11.0 Å². The molecule has 4 amide bonds. The number of hydrogen-bond donors (Lipinski definition) is 2. The van der Waals surface area contributed by atoms with E-state index < -0.39 is 17.5 Å². The quantitative estimate of drug-likeness (QED) is 0.517. The predicted molar refractivity (Wildman–Crippen MR) is 111 cm³/mol. The third-order valence-corrected chi connectivity index (χ3v) is 6.01. The summed E-state index contributed by atoms with van der Waals surface area (Å²) in [5.74, 6) is 1.36. The minimum absolute atomic E-state index is 0.0468. The standard InChI is InChI=1S/C22H23N5O4/c1-2-3-9-22(25-26-22)10-6-18(28)27-11-7-14(8-12-27)19(29)23-15-4-5-16-17(13-15)21(31)24-20(16)30/h1,4-5,13-14H,3,6-12H2,(H,23,29)(H,24,30,31). The lowest BCUT2D eigenvalue weighted by Crippen LogP contribution is -2.41. The van der Waals surface area contributed by atoms with E-state index in [2.05, 4.69) is 26.8 Å². The SMILES string of the molecule is C#CCCC1(CCC(=O)N2CCC(C(=O)Nc3ccc4c(c3)C(=O)NC4=O)CC2)N=N1. The maximum absolute atomic E-state index is 12.6. The second-order valence-corrected chi connectivity index (χ2v) is 8.07. The third kappa shape index (κ3) is 4.48. The fraction of sp³-hybridized carbons (Fsp3) is 0.455. The topological polar surface area (TPSA) is 120 Å². The number of piperidine rings is 1. The smallest absolute Gasteiger partial charge is 0.259 e. The van der Waals surface area contributed by atoms with Crippen LogP contribution >= 0.6 is 0 Å². The van der Waals surface area contributed by atoms with Crippen molar-refractivity contribution >= 4 is 29.3 Å². The van der Waals surface area contributed by atoms with Gasteiger partial charge in [0.05, 0.1) is 11.1 Å². The summed E-state index contributed by atoms with van der Waals surface area (Å²) >= 11 is 0. The minimum atomic E-state index is -0.462. The summed E-state index contributed by atoms with van der Waals surface area (Å²) in [5, 5.41) is 13.2. The lowest BCUT2D eigenvalue weighted by atomic mass is 9.95. The van der Waals surface area contributed by atoms with Gasteiger partial charge < -0.3 is 10.2 Å². The van der Waals surface area contributed by atoms with Crippen LogP contribution in [0.15, 0.2) is 28.4 Å². The Kier molecular flexibility index (Phi) is 5.55. The molecule has 0 aromatic heterocycles. The van der Waals surface area contributed by atoms with Crippen LogP contribution in [0.3, 0.4) is 0 Å². The van der Waals surface area contributed by atoms with Gasteiger partial charge >= 0.3 is 0 Å². The molecule has 31 heavy (non-hydrogen) atoms. The molecule has 0 aliphatic carbocycles. The molecule has 0 unspecified atom stereocenters. The number of hydrogen-bond acceptors (Lipinski definition) is 6. The van der Waals surface area contributed by atoms with Crippen molar-refractivity contribution in [1.29, 1.82) is 0 Å². The zero-order valence-electron chi connectivity index (χ0n) is 17.0. The van der Waals surface area contributed by atoms with E-state index >= 15 is 0 Å². The molecule has 3 heterocycles. The predicted octanol–water partition coefficient (Wildman–Crippen LogP) is 2.10. The first-order chi connectivity index (χ1) is 14.9. The highest BCUT2D eigenvalue weighted by atomic mass is 16.2. The summed E-state index contributed by atoms with van der Waals surface area (Å²) in [6.07, 6.45) is 8.63. The summed E-state index contributed by atoms with van der Waals surface area (Å²) in [4.78, 5) is 50.3. The fourth-order valence-corrected chi connectivity index (χ4v) is 4.01. The molecule has 1 aromatic rings. The molecule has 160 valence electrons. The molecule has 3 aliphatic heterocycles. The number of imide groups is 1. The molecule has 0 saturated carbocycles. The van der Waals surface area contributed by atoms with E-state index in [-0.39, 0.29) is 23.3 Å². The van der Waals surface area contributed by atoms with Crippen molar-refractivity contribution in [2.45, 2.75) is 44.2 Å². The molecule has 1 fully saturated rings. The molecular weight excluding hydrogens is 398 g/mol. The van der Waals surface area contributed by atoms with Crippen molar-refractivity contribution in [2.75, 3.05) is 18.4 Å². The van der Waals surface area contributed by atoms with Crippen LogP contribution in [-0.4, -0.2) is 47.3 Å². The number of nitrogens with zero attached hydrogens (tertiary/aromatic N) is 3. The summed E-state index contributed by atoms with van der Waals surface area (Å²) < 4.78 is 0. The van der Waals surface area contributed by atoms with Crippen LogP contribution in [0.1, 0.15) is 59.2 Å². The van der Waals surface area contributed by atoms with Gasteiger partial charge in [-0.25, -0.2) is 0 Å². The molecule has 9 heteroatoms. The third-order valence-electron chi connectivity index (χ3n) is 6.01. The fourth-order valence-electron chi connectivity index (χ4n) is 4.01. The lowest BCUT2D eigenvalue weighted by Gasteiger charge is -2.31. The molecular formula is C22H23N5O4. The Bertz CT molecular complexity index is 1010.